The summed E-state index contributed by atoms with van der Waals surface area (Å²) in [6.45, 7) is 0.915. The highest BCUT2D eigenvalue weighted by Gasteiger charge is 1.95. The molecule has 0 amide bonds. The molecule has 2 aromatic rings. The lowest BCUT2D eigenvalue weighted by Crippen LogP contribution is -2.02. The van der Waals surface area contributed by atoms with Crippen LogP contribution in [0.4, 0.5) is 0 Å². The number of hydrogen-bond donors (Lipinski definition) is 0. The van der Waals surface area contributed by atoms with Gasteiger partial charge in [-0.05, 0) is 22.8 Å². The Labute approximate surface area is 84.8 Å². The lowest BCUT2D eigenvalue weighted by Gasteiger charge is -2.02. The molecule has 0 spiro atoms. The molecule has 0 aliphatic rings. The van der Waals surface area contributed by atoms with Crippen molar-refractivity contribution < 1.29 is 0 Å². The second-order valence-corrected chi connectivity index (χ2v) is 3.47. The topological polar surface area (TPSA) is 14.1 Å². The summed E-state index contributed by atoms with van der Waals surface area (Å²) in [6, 6.07) is 15.1. The Hall–Kier alpha value is -1.34. The highest BCUT2D eigenvalue weighted by atomic mass is 14.8. The zero-order valence-electron chi connectivity index (χ0n) is 8.40. The van der Waals surface area contributed by atoms with Gasteiger partial charge in [0.15, 0.2) is 0 Å². The van der Waals surface area contributed by atoms with Crippen molar-refractivity contribution in [1.29, 1.82) is 0 Å². The number of benzene rings is 2. The van der Waals surface area contributed by atoms with E-state index in [4.69, 9.17) is 0 Å². The molecule has 0 aliphatic carbocycles. The molecular formula is C13H14N. The number of hydrogen-bond acceptors (Lipinski definition) is 0. The number of likely N-dealkylation sites (N-methyl/N-ethyl adjacent to an activating group) is 1. The monoisotopic (exact) mass is 184 g/mol. The highest BCUT2D eigenvalue weighted by molar-refractivity contribution is 5.82. The summed E-state index contributed by atoms with van der Waals surface area (Å²) in [7, 11) is 1.86. The minimum absolute atomic E-state index is 0.915. The van der Waals surface area contributed by atoms with Crippen LogP contribution in [0.1, 0.15) is 5.56 Å². The molecular weight excluding hydrogens is 170 g/mol. The van der Waals surface area contributed by atoms with Crippen molar-refractivity contribution in [3.63, 3.8) is 0 Å². The highest BCUT2D eigenvalue weighted by Crippen LogP contribution is 2.15. The van der Waals surface area contributed by atoms with Crippen LogP contribution < -0.4 is 5.32 Å². The Morgan fingerprint density at radius 2 is 1.79 bits per heavy atom. The second-order valence-electron chi connectivity index (χ2n) is 3.47. The van der Waals surface area contributed by atoms with Crippen molar-refractivity contribution in [3.8, 4) is 0 Å². The van der Waals surface area contributed by atoms with Crippen molar-refractivity contribution >= 4 is 10.8 Å². The number of fused-ring (bicyclic) bond motifs is 1. The van der Waals surface area contributed by atoms with Crippen LogP contribution in [-0.2, 0) is 6.42 Å². The van der Waals surface area contributed by atoms with Gasteiger partial charge in [-0.2, -0.15) is 0 Å². The lowest BCUT2D eigenvalue weighted by molar-refractivity contribution is 0.777. The third-order valence-electron chi connectivity index (χ3n) is 2.44. The fourth-order valence-corrected chi connectivity index (χ4v) is 1.64. The largest absolute Gasteiger partial charge is 0.245 e. The average molecular weight is 184 g/mol. The first-order valence-electron chi connectivity index (χ1n) is 4.93. The van der Waals surface area contributed by atoms with Crippen LogP contribution in [0.3, 0.4) is 0 Å². The smallest absolute Gasteiger partial charge is 0.0170 e. The zero-order chi connectivity index (χ0) is 9.80. The van der Waals surface area contributed by atoms with Gasteiger partial charge in [0.2, 0.25) is 0 Å². The predicted octanol–water partition coefficient (Wildman–Crippen LogP) is 2.62. The third-order valence-corrected chi connectivity index (χ3v) is 2.44. The van der Waals surface area contributed by atoms with E-state index >= 15 is 0 Å². The molecule has 0 atom stereocenters. The predicted molar refractivity (Wildman–Crippen MR) is 60.6 cm³/mol. The van der Waals surface area contributed by atoms with Gasteiger partial charge in [0.05, 0.1) is 0 Å². The Balaban J connectivity index is 2.32. The normalized spacial score (nSPS) is 10.6. The van der Waals surface area contributed by atoms with E-state index in [1.165, 1.54) is 16.3 Å². The van der Waals surface area contributed by atoms with Crippen molar-refractivity contribution in [1.82, 2.24) is 5.32 Å². The summed E-state index contributed by atoms with van der Waals surface area (Å²) in [6.07, 6.45) is 1.04. The summed E-state index contributed by atoms with van der Waals surface area (Å²) >= 11 is 0. The molecule has 0 saturated carbocycles. The van der Waals surface area contributed by atoms with Gasteiger partial charge < -0.3 is 0 Å². The number of nitrogens with zero attached hydrogens (tertiary/aromatic N) is 1. The maximum Gasteiger partial charge on any atom is 0.0170 e. The first-order valence-corrected chi connectivity index (χ1v) is 4.93. The second kappa shape index (κ2) is 4.25. The van der Waals surface area contributed by atoms with E-state index in [9.17, 15) is 0 Å². The zero-order valence-corrected chi connectivity index (χ0v) is 8.40. The molecule has 1 nitrogen and oxygen atoms in total. The minimum Gasteiger partial charge on any atom is -0.245 e. The van der Waals surface area contributed by atoms with Crippen LogP contribution in [0.25, 0.3) is 10.8 Å². The Bertz CT molecular complexity index is 420. The van der Waals surface area contributed by atoms with E-state index in [0.717, 1.165) is 13.0 Å². The van der Waals surface area contributed by atoms with Crippen molar-refractivity contribution in [2.45, 2.75) is 6.42 Å². The first kappa shape index (κ1) is 9.22. The molecule has 0 heterocycles. The van der Waals surface area contributed by atoms with E-state index in [1.807, 2.05) is 7.05 Å². The minimum atomic E-state index is 0.915. The summed E-state index contributed by atoms with van der Waals surface area (Å²) in [4.78, 5) is 0. The standard InChI is InChI=1S/C13H14N/c1-14-9-8-11-6-7-12-4-2-3-5-13(12)10-11/h2-7,10H,8-9H2,1H3. The van der Waals surface area contributed by atoms with E-state index in [0.29, 0.717) is 0 Å². The lowest BCUT2D eigenvalue weighted by atomic mass is 10.1. The van der Waals surface area contributed by atoms with Crippen LogP contribution >= 0.6 is 0 Å². The van der Waals surface area contributed by atoms with Gasteiger partial charge in [-0.1, -0.05) is 42.5 Å². The summed E-state index contributed by atoms with van der Waals surface area (Å²) in [5.74, 6) is 0. The summed E-state index contributed by atoms with van der Waals surface area (Å²) in [5.41, 5.74) is 1.37. The van der Waals surface area contributed by atoms with Gasteiger partial charge in [-0.15, -0.1) is 0 Å². The first-order chi connectivity index (χ1) is 6.90. The molecule has 2 rings (SSSR count). The van der Waals surface area contributed by atoms with Crippen LogP contribution in [0.5, 0.6) is 0 Å². The van der Waals surface area contributed by atoms with Gasteiger partial charge in [0.25, 0.3) is 0 Å². The molecule has 1 heteroatoms. The molecule has 0 aliphatic heterocycles. The molecule has 0 unspecified atom stereocenters. The Morgan fingerprint density at radius 3 is 2.57 bits per heavy atom. The van der Waals surface area contributed by atoms with Crippen molar-refractivity contribution in [2.24, 2.45) is 0 Å². The third kappa shape index (κ3) is 1.94. The molecule has 0 saturated heterocycles. The molecule has 2 aromatic carbocycles. The quantitative estimate of drug-likeness (QED) is 0.696. The van der Waals surface area contributed by atoms with Crippen LogP contribution in [-0.4, -0.2) is 13.6 Å². The van der Waals surface area contributed by atoms with E-state index in [2.05, 4.69) is 47.8 Å². The molecule has 1 radical (unpaired) electrons. The summed E-state index contributed by atoms with van der Waals surface area (Å²) < 4.78 is 0. The van der Waals surface area contributed by atoms with Crippen LogP contribution in [0.15, 0.2) is 42.5 Å². The van der Waals surface area contributed by atoms with Crippen molar-refractivity contribution in [2.75, 3.05) is 13.6 Å². The average Bonchev–Trinajstić information content (AvgIpc) is 2.26. The molecule has 14 heavy (non-hydrogen) atoms. The molecule has 0 fully saturated rings. The maximum absolute atomic E-state index is 4.11. The molecule has 0 aromatic heterocycles. The van der Waals surface area contributed by atoms with E-state index in [1.54, 1.807) is 0 Å². The Kier molecular flexibility index (Phi) is 2.80. The van der Waals surface area contributed by atoms with E-state index < -0.39 is 0 Å². The van der Waals surface area contributed by atoms with Gasteiger partial charge in [-0.25, -0.2) is 5.32 Å². The van der Waals surface area contributed by atoms with Crippen LogP contribution in [0, 0.1) is 0 Å². The van der Waals surface area contributed by atoms with Gasteiger partial charge in [-0.3, -0.25) is 0 Å². The van der Waals surface area contributed by atoms with Crippen LogP contribution in [0.2, 0.25) is 0 Å². The summed E-state index contributed by atoms with van der Waals surface area (Å²) in [5, 5.41) is 6.74. The van der Waals surface area contributed by atoms with Gasteiger partial charge in [0.1, 0.15) is 0 Å². The fraction of sp³-hybridized carbons (Fsp3) is 0.231. The molecule has 71 valence electrons. The SMILES string of the molecule is C[N]CCc1ccc2ccccc2c1. The molecule has 0 bridgehead atoms. The Morgan fingerprint density at radius 1 is 1.00 bits per heavy atom. The maximum atomic E-state index is 4.11. The van der Waals surface area contributed by atoms with Crippen molar-refractivity contribution in [3.05, 3.63) is 48.0 Å². The van der Waals surface area contributed by atoms with E-state index in [-0.39, 0.29) is 0 Å². The fourth-order valence-electron chi connectivity index (χ4n) is 1.64. The van der Waals surface area contributed by atoms with Gasteiger partial charge in [0, 0.05) is 13.6 Å². The number of rotatable bonds is 3. The van der Waals surface area contributed by atoms with Gasteiger partial charge >= 0.3 is 0 Å². The molecule has 0 N–H and O–H groups in total.